The Morgan fingerprint density at radius 1 is 1.06 bits per heavy atom. The molecule has 3 heteroatoms. The number of rotatable bonds is 4. The fourth-order valence-corrected chi connectivity index (χ4v) is 4.14. The molecule has 4 unspecified atom stereocenters. The lowest BCUT2D eigenvalue weighted by Gasteiger charge is -2.39. The number of nitrogens with zero attached hydrogens (tertiary/aromatic N) is 1. The molecule has 104 valence electrons. The van der Waals surface area contributed by atoms with Gasteiger partial charge in [0.25, 0.3) is 0 Å². The highest BCUT2D eigenvalue weighted by Crippen LogP contribution is 2.30. The highest BCUT2D eigenvalue weighted by Gasteiger charge is 2.35. The molecule has 0 aromatic heterocycles. The number of ether oxygens (including phenoxy) is 1. The molecule has 2 heterocycles. The minimum absolute atomic E-state index is 0.546. The van der Waals surface area contributed by atoms with Crippen LogP contribution in [-0.4, -0.2) is 49.3 Å². The number of nitrogens with one attached hydrogen (secondary N) is 1. The van der Waals surface area contributed by atoms with E-state index in [1.54, 1.807) is 0 Å². The molecule has 0 aromatic carbocycles. The molecule has 4 atom stereocenters. The van der Waals surface area contributed by atoms with Gasteiger partial charge in [-0.15, -0.1) is 0 Å². The third-order valence-corrected chi connectivity index (χ3v) is 4.99. The van der Waals surface area contributed by atoms with E-state index in [1.807, 2.05) is 0 Å². The SMILES string of the molecule is CCNC1CCCCC1CN1CC2CCC(C1)O2. The van der Waals surface area contributed by atoms with Crippen LogP contribution in [-0.2, 0) is 4.74 Å². The molecule has 3 rings (SSSR count). The molecule has 18 heavy (non-hydrogen) atoms. The summed E-state index contributed by atoms with van der Waals surface area (Å²) in [4.78, 5) is 2.69. The maximum absolute atomic E-state index is 5.93. The second-order valence-corrected chi connectivity index (χ2v) is 6.38. The van der Waals surface area contributed by atoms with Crippen LogP contribution in [0.5, 0.6) is 0 Å². The standard InChI is InChI=1S/C15H28N2O/c1-2-16-15-6-4-3-5-12(15)9-17-10-13-7-8-14(11-17)18-13/h12-16H,2-11H2,1H3. The fraction of sp³-hybridized carbons (Fsp3) is 1.00. The summed E-state index contributed by atoms with van der Waals surface area (Å²) >= 11 is 0. The third kappa shape index (κ3) is 2.89. The minimum Gasteiger partial charge on any atom is -0.372 e. The summed E-state index contributed by atoms with van der Waals surface area (Å²) in [6.07, 6.45) is 9.34. The molecule has 0 amide bonds. The van der Waals surface area contributed by atoms with Crippen molar-refractivity contribution >= 4 is 0 Å². The van der Waals surface area contributed by atoms with Gasteiger partial charge in [0.05, 0.1) is 12.2 Å². The van der Waals surface area contributed by atoms with E-state index in [9.17, 15) is 0 Å². The van der Waals surface area contributed by atoms with Gasteiger partial charge in [0.1, 0.15) is 0 Å². The van der Waals surface area contributed by atoms with E-state index in [-0.39, 0.29) is 0 Å². The van der Waals surface area contributed by atoms with Crippen molar-refractivity contribution in [2.75, 3.05) is 26.2 Å². The Hall–Kier alpha value is -0.120. The Morgan fingerprint density at radius 3 is 2.50 bits per heavy atom. The second-order valence-electron chi connectivity index (χ2n) is 6.38. The monoisotopic (exact) mass is 252 g/mol. The average Bonchev–Trinajstić information content (AvgIpc) is 2.72. The van der Waals surface area contributed by atoms with E-state index in [2.05, 4.69) is 17.1 Å². The Bertz CT molecular complexity index is 257. The van der Waals surface area contributed by atoms with Crippen molar-refractivity contribution in [3.05, 3.63) is 0 Å². The van der Waals surface area contributed by atoms with Crippen LogP contribution in [0.3, 0.4) is 0 Å². The van der Waals surface area contributed by atoms with Crippen molar-refractivity contribution in [1.29, 1.82) is 0 Å². The van der Waals surface area contributed by atoms with Gasteiger partial charge in [-0.2, -0.15) is 0 Å². The van der Waals surface area contributed by atoms with Crippen LogP contribution in [0.15, 0.2) is 0 Å². The van der Waals surface area contributed by atoms with Crippen molar-refractivity contribution in [1.82, 2.24) is 10.2 Å². The maximum atomic E-state index is 5.93. The molecule has 1 N–H and O–H groups in total. The van der Waals surface area contributed by atoms with Gasteiger partial charge in [0.15, 0.2) is 0 Å². The van der Waals surface area contributed by atoms with Gasteiger partial charge in [0.2, 0.25) is 0 Å². The van der Waals surface area contributed by atoms with Gasteiger partial charge in [-0.25, -0.2) is 0 Å². The highest BCUT2D eigenvalue weighted by atomic mass is 16.5. The molecule has 3 fully saturated rings. The number of likely N-dealkylation sites (tertiary alicyclic amines) is 1. The van der Waals surface area contributed by atoms with Crippen molar-refractivity contribution in [2.24, 2.45) is 5.92 Å². The van der Waals surface area contributed by atoms with E-state index >= 15 is 0 Å². The Balaban J connectivity index is 1.54. The fourth-order valence-electron chi connectivity index (χ4n) is 4.14. The van der Waals surface area contributed by atoms with Crippen LogP contribution in [0.2, 0.25) is 0 Å². The number of morpholine rings is 1. The normalized spacial score (nSPS) is 41.2. The smallest absolute Gasteiger partial charge is 0.0707 e. The molecule has 0 aromatic rings. The lowest BCUT2D eigenvalue weighted by atomic mass is 9.84. The van der Waals surface area contributed by atoms with E-state index in [4.69, 9.17) is 4.74 Å². The lowest BCUT2D eigenvalue weighted by Crippen LogP contribution is -2.49. The van der Waals surface area contributed by atoms with Crippen LogP contribution >= 0.6 is 0 Å². The summed E-state index contributed by atoms with van der Waals surface area (Å²) in [6.45, 7) is 7.03. The molecule has 1 aliphatic carbocycles. The molecular weight excluding hydrogens is 224 g/mol. The van der Waals surface area contributed by atoms with Crippen molar-refractivity contribution < 1.29 is 4.74 Å². The summed E-state index contributed by atoms with van der Waals surface area (Å²) in [5.74, 6) is 0.871. The summed E-state index contributed by atoms with van der Waals surface area (Å²) in [5.41, 5.74) is 0. The van der Waals surface area contributed by atoms with Gasteiger partial charge in [-0.1, -0.05) is 19.8 Å². The van der Waals surface area contributed by atoms with E-state index in [0.29, 0.717) is 12.2 Å². The largest absolute Gasteiger partial charge is 0.372 e. The highest BCUT2D eigenvalue weighted by molar-refractivity contribution is 4.89. The Kier molecular flexibility index (Phi) is 4.22. The zero-order chi connectivity index (χ0) is 12.4. The third-order valence-electron chi connectivity index (χ3n) is 4.99. The van der Waals surface area contributed by atoms with Gasteiger partial charge in [-0.3, -0.25) is 4.90 Å². The minimum atomic E-state index is 0.546. The molecule has 0 spiro atoms. The summed E-state index contributed by atoms with van der Waals surface area (Å²) < 4.78 is 5.93. The lowest BCUT2D eigenvalue weighted by molar-refractivity contribution is -0.0453. The first kappa shape index (κ1) is 12.9. The second kappa shape index (κ2) is 5.89. The van der Waals surface area contributed by atoms with Crippen molar-refractivity contribution in [3.63, 3.8) is 0 Å². The van der Waals surface area contributed by atoms with Crippen LogP contribution < -0.4 is 5.32 Å². The Labute approximate surface area is 111 Å². The first-order valence-electron chi connectivity index (χ1n) is 7.96. The number of fused-ring (bicyclic) bond motifs is 2. The molecule has 3 aliphatic rings. The molecular formula is C15H28N2O. The van der Waals surface area contributed by atoms with Crippen molar-refractivity contribution in [2.45, 2.75) is 63.7 Å². The van der Waals surface area contributed by atoms with Crippen LogP contribution in [0, 0.1) is 5.92 Å². The first-order valence-corrected chi connectivity index (χ1v) is 7.96. The maximum Gasteiger partial charge on any atom is 0.0707 e. The molecule has 3 nitrogen and oxygen atoms in total. The Morgan fingerprint density at radius 2 is 1.78 bits per heavy atom. The van der Waals surface area contributed by atoms with E-state index < -0.39 is 0 Å². The summed E-state index contributed by atoms with van der Waals surface area (Å²) in [7, 11) is 0. The zero-order valence-corrected chi connectivity index (χ0v) is 11.7. The first-order chi connectivity index (χ1) is 8.85. The van der Waals surface area contributed by atoms with Gasteiger partial charge >= 0.3 is 0 Å². The van der Waals surface area contributed by atoms with Gasteiger partial charge < -0.3 is 10.1 Å². The molecule has 2 aliphatic heterocycles. The topological polar surface area (TPSA) is 24.5 Å². The van der Waals surface area contributed by atoms with Crippen LogP contribution in [0.1, 0.15) is 45.4 Å². The van der Waals surface area contributed by atoms with Crippen LogP contribution in [0.25, 0.3) is 0 Å². The predicted octanol–water partition coefficient (Wildman–Crippen LogP) is 2.02. The average molecular weight is 252 g/mol. The van der Waals surface area contributed by atoms with Crippen molar-refractivity contribution in [3.8, 4) is 0 Å². The molecule has 1 saturated carbocycles. The molecule has 0 radical (unpaired) electrons. The number of hydrogen-bond acceptors (Lipinski definition) is 3. The van der Waals surface area contributed by atoms with E-state index in [1.165, 1.54) is 58.2 Å². The van der Waals surface area contributed by atoms with Crippen LogP contribution in [0.4, 0.5) is 0 Å². The van der Waals surface area contributed by atoms with Gasteiger partial charge in [-0.05, 0) is 38.1 Å². The number of hydrogen-bond donors (Lipinski definition) is 1. The molecule has 2 bridgehead atoms. The quantitative estimate of drug-likeness (QED) is 0.828. The summed E-state index contributed by atoms with van der Waals surface area (Å²) in [5, 5.41) is 3.70. The molecule has 2 saturated heterocycles. The zero-order valence-electron chi connectivity index (χ0n) is 11.7. The summed E-state index contributed by atoms with van der Waals surface area (Å²) in [6, 6.07) is 0.768. The van der Waals surface area contributed by atoms with E-state index in [0.717, 1.165) is 18.5 Å². The predicted molar refractivity (Wildman–Crippen MR) is 73.8 cm³/mol. The van der Waals surface area contributed by atoms with Gasteiger partial charge in [0, 0.05) is 25.7 Å².